The number of aromatic nitrogens is 2. The summed E-state index contributed by atoms with van der Waals surface area (Å²) in [4.78, 5) is 21.6. The van der Waals surface area contributed by atoms with Crippen LogP contribution in [0.4, 0.5) is 0 Å². The molecule has 0 aliphatic carbocycles. The molecule has 2 aliphatic heterocycles. The van der Waals surface area contributed by atoms with Crippen molar-refractivity contribution in [1.29, 1.82) is 0 Å². The number of hydrogen-bond acceptors (Lipinski definition) is 4. The smallest absolute Gasteiger partial charge is 0.222 e. The van der Waals surface area contributed by atoms with Gasteiger partial charge in [0.05, 0.1) is 12.1 Å². The van der Waals surface area contributed by atoms with Gasteiger partial charge >= 0.3 is 0 Å². The van der Waals surface area contributed by atoms with Crippen molar-refractivity contribution in [2.24, 2.45) is 7.05 Å². The standard InChI is InChI=1S/C18H30N4O2/c1-3-21-11-12-22(14-16(21)18-19-9-10-20(18)2)17(23)8-7-15-6-4-5-13-24-15/h9-10,15-16H,3-8,11-14H2,1-2H3. The number of nitrogens with zero attached hydrogens (tertiary/aromatic N) is 4. The lowest BCUT2D eigenvalue weighted by Crippen LogP contribution is -2.51. The number of hydrogen-bond donors (Lipinski definition) is 0. The van der Waals surface area contributed by atoms with Gasteiger partial charge in [0, 0.05) is 52.1 Å². The Bertz CT molecular complexity index is 539. The van der Waals surface area contributed by atoms with Crippen LogP contribution in [0, 0.1) is 0 Å². The van der Waals surface area contributed by atoms with Gasteiger partial charge in [-0.25, -0.2) is 4.98 Å². The van der Waals surface area contributed by atoms with Gasteiger partial charge < -0.3 is 14.2 Å². The maximum Gasteiger partial charge on any atom is 0.222 e. The summed E-state index contributed by atoms with van der Waals surface area (Å²) in [5.74, 6) is 1.31. The van der Waals surface area contributed by atoms with E-state index in [1.165, 1.54) is 6.42 Å². The topological polar surface area (TPSA) is 50.6 Å². The Morgan fingerprint density at radius 2 is 2.25 bits per heavy atom. The molecule has 6 heteroatoms. The van der Waals surface area contributed by atoms with E-state index in [1.54, 1.807) is 0 Å². The molecule has 0 N–H and O–H groups in total. The number of carbonyl (C=O) groups is 1. The summed E-state index contributed by atoms with van der Waals surface area (Å²) >= 11 is 0. The fourth-order valence-electron chi connectivity index (χ4n) is 3.85. The van der Waals surface area contributed by atoms with Gasteiger partial charge in [0.15, 0.2) is 0 Å². The van der Waals surface area contributed by atoms with Crippen LogP contribution in [0.3, 0.4) is 0 Å². The summed E-state index contributed by atoms with van der Waals surface area (Å²) in [7, 11) is 2.03. The first kappa shape index (κ1) is 17.4. The summed E-state index contributed by atoms with van der Waals surface area (Å²) in [6.45, 7) is 6.49. The highest BCUT2D eigenvalue weighted by atomic mass is 16.5. The largest absolute Gasteiger partial charge is 0.378 e. The normalized spacial score (nSPS) is 25.8. The van der Waals surface area contributed by atoms with Crippen molar-refractivity contribution >= 4 is 5.91 Å². The van der Waals surface area contributed by atoms with Crippen LogP contribution in [0.5, 0.6) is 0 Å². The summed E-state index contributed by atoms with van der Waals surface area (Å²) < 4.78 is 7.82. The van der Waals surface area contributed by atoms with E-state index in [1.807, 2.05) is 24.3 Å². The molecule has 134 valence electrons. The minimum atomic E-state index is 0.193. The molecule has 2 fully saturated rings. The van der Waals surface area contributed by atoms with Crippen LogP contribution >= 0.6 is 0 Å². The van der Waals surface area contributed by atoms with E-state index in [0.717, 1.165) is 57.9 Å². The van der Waals surface area contributed by atoms with Crippen molar-refractivity contribution in [3.05, 3.63) is 18.2 Å². The Morgan fingerprint density at radius 3 is 2.92 bits per heavy atom. The third-order valence-corrected chi connectivity index (χ3v) is 5.36. The SMILES string of the molecule is CCN1CCN(C(=O)CCC2CCCCO2)CC1c1nccn1C. The van der Waals surface area contributed by atoms with E-state index in [0.29, 0.717) is 6.42 Å². The van der Waals surface area contributed by atoms with Crippen molar-refractivity contribution in [2.45, 2.75) is 51.2 Å². The molecular weight excluding hydrogens is 304 g/mol. The molecule has 1 aromatic rings. The van der Waals surface area contributed by atoms with Gasteiger partial charge in [-0.1, -0.05) is 6.92 Å². The molecule has 6 nitrogen and oxygen atoms in total. The molecule has 0 saturated carbocycles. The average Bonchev–Trinajstić information content (AvgIpc) is 3.05. The molecule has 3 heterocycles. The first-order chi connectivity index (χ1) is 11.7. The molecule has 2 saturated heterocycles. The number of piperazine rings is 1. The highest BCUT2D eigenvalue weighted by Crippen LogP contribution is 2.25. The second-order valence-electron chi connectivity index (χ2n) is 6.91. The average molecular weight is 334 g/mol. The lowest BCUT2D eigenvalue weighted by atomic mass is 10.0. The van der Waals surface area contributed by atoms with Crippen LogP contribution < -0.4 is 0 Å². The molecule has 2 unspecified atom stereocenters. The number of rotatable bonds is 5. The predicted octanol–water partition coefficient (Wildman–Crippen LogP) is 1.97. The third-order valence-electron chi connectivity index (χ3n) is 5.36. The fourth-order valence-corrected chi connectivity index (χ4v) is 3.85. The van der Waals surface area contributed by atoms with Gasteiger partial charge in [0.2, 0.25) is 5.91 Å². The molecule has 1 amide bonds. The molecular formula is C18H30N4O2. The molecule has 1 aromatic heterocycles. The quantitative estimate of drug-likeness (QED) is 0.826. The van der Waals surface area contributed by atoms with Crippen LogP contribution in [-0.4, -0.2) is 64.1 Å². The predicted molar refractivity (Wildman–Crippen MR) is 92.6 cm³/mol. The summed E-state index contributed by atoms with van der Waals surface area (Å²) in [6.07, 6.45) is 9.06. The van der Waals surface area contributed by atoms with Gasteiger partial charge in [0.25, 0.3) is 0 Å². The van der Waals surface area contributed by atoms with Gasteiger partial charge in [0.1, 0.15) is 5.82 Å². The summed E-state index contributed by atoms with van der Waals surface area (Å²) in [6, 6.07) is 0.193. The first-order valence-electron chi connectivity index (χ1n) is 9.29. The van der Waals surface area contributed by atoms with Crippen molar-refractivity contribution in [1.82, 2.24) is 19.4 Å². The van der Waals surface area contributed by atoms with Gasteiger partial charge in [-0.15, -0.1) is 0 Å². The second kappa shape index (κ2) is 8.12. The monoisotopic (exact) mass is 334 g/mol. The number of carbonyl (C=O) groups excluding carboxylic acids is 1. The van der Waals surface area contributed by atoms with E-state index < -0.39 is 0 Å². The number of amides is 1. The number of likely N-dealkylation sites (N-methyl/N-ethyl adjacent to an activating group) is 1. The molecule has 2 atom stereocenters. The summed E-state index contributed by atoms with van der Waals surface area (Å²) in [5, 5.41) is 0. The van der Waals surface area contributed by atoms with Gasteiger partial charge in [-0.2, -0.15) is 0 Å². The van der Waals surface area contributed by atoms with E-state index in [4.69, 9.17) is 4.74 Å². The zero-order valence-electron chi connectivity index (χ0n) is 15.0. The Balaban J connectivity index is 1.57. The number of imidazole rings is 1. The Morgan fingerprint density at radius 1 is 1.38 bits per heavy atom. The zero-order valence-corrected chi connectivity index (χ0v) is 15.0. The Hall–Kier alpha value is -1.40. The van der Waals surface area contributed by atoms with Gasteiger partial charge in [-0.05, 0) is 32.2 Å². The molecule has 0 radical (unpaired) electrons. The highest BCUT2D eigenvalue weighted by molar-refractivity contribution is 5.76. The maximum absolute atomic E-state index is 12.7. The fraction of sp³-hybridized carbons (Fsp3) is 0.778. The van der Waals surface area contributed by atoms with Gasteiger partial charge in [-0.3, -0.25) is 9.69 Å². The molecule has 24 heavy (non-hydrogen) atoms. The lowest BCUT2D eigenvalue weighted by molar-refractivity contribution is -0.135. The van der Waals surface area contributed by atoms with E-state index in [2.05, 4.69) is 21.4 Å². The van der Waals surface area contributed by atoms with E-state index in [-0.39, 0.29) is 18.1 Å². The minimum Gasteiger partial charge on any atom is -0.378 e. The molecule has 2 aliphatic rings. The zero-order chi connectivity index (χ0) is 16.9. The summed E-state index contributed by atoms with van der Waals surface area (Å²) in [5.41, 5.74) is 0. The van der Waals surface area contributed by atoms with Crippen LogP contribution in [0.25, 0.3) is 0 Å². The van der Waals surface area contributed by atoms with Crippen LogP contribution in [-0.2, 0) is 16.6 Å². The first-order valence-corrected chi connectivity index (χ1v) is 9.29. The third kappa shape index (κ3) is 3.98. The van der Waals surface area contributed by atoms with Crippen molar-refractivity contribution in [3.63, 3.8) is 0 Å². The maximum atomic E-state index is 12.7. The van der Waals surface area contributed by atoms with Crippen molar-refractivity contribution in [2.75, 3.05) is 32.8 Å². The second-order valence-corrected chi connectivity index (χ2v) is 6.91. The Kier molecular flexibility index (Phi) is 5.89. The molecule has 0 aromatic carbocycles. The van der Waals surface area contributed by atoms with Crippen LogP contribution in [0.1, 0.15) is 50.9 Å². The molecule has 3 rings (SSSR count). The lowest BCUT2D eigenvalue weighted by Gasteiger charge is -2.40. The minimum absolute atomic E-state index is 0.193. The van der Waals surface area contributed by atoms with Crippen molar-refractivity contribution in [3.8, 4) is 0 Å². The van der Waals surface area contributed by atoms with E-state index in [9.17, 15) is 4.79 Å². The van der Waals surface area contributed by atoms with Crippen molar-refractivity contribution < 1.29 is 9.53 Å². The van der Waals surface area contributed by atoms with Crippen LogP contribution in [0.2, 0.25) is 0 Å². The van der Waals surface area contributed by atoms with E-state index >= 15 is 0 Å². The molecule has 0 spiro atoms. The van der Waals surface area contributed by atoms with Crippen LogP contribution in [0.15, 0.2) is 12.4 Å². The highest BCUT2D eigenvalue weighted by Gasteiger charge is 2.32. The number of ether oxygens (including phenoxy) is 1. The number of aryl methyl sites for hydroxylation is 1. The Labute approximate surface area is 144 Å². The molecule has 0 bridgehead atoms.